The third-order valence-corrected chi connectivity index (χ3v) is 15.1. The van der Waals surface area contributed by atoms with Gasteiger partial charge in [-0.15, -0.1) is 0 Å². The summed E-state index contributed by atoms with van der Waals surface area (Å²) in [7, 11) is -4.49. The maximum absolute atomic E-state index is 12.9. The minimum absolute atomic E-state index is 0.0620. The molecule has 0 bridgehead atoms. The highest BCUT2D eigenvalue weighted by Crippen LogP contribution is 2.39. The monoisotopic (exact) mass is 955 g/mol. The van der Waals surface area contributed by atoms with Gasteiger partial charge in [0.05, 0.1) is 4.90 Å². The molecule has 0 fully saturated rings. The molecule has 0 radical (unpaired) electrons. The highest BCUT2D eigenvalue weighted by atomic mass is 32.2. The van der Waals surface area contributed by atoms with Gasteiger partial charge in [-0.2, -0.15) is 8.42 Å². The van der Waals surface area contributed by atoms with Crippen LogP contribution in [0.4, 0.5) is 22.7 Å². The van der Waals surface area contributed by atoms with Crippen molar-refractivity contribution in [2.24, 2.45) is 0 Å². The van der Waals surface area contributed by atoms with Crippen LogP contribution >= 0.6 is 0 Å². The highest BCUT2D eigenvalue weighted by Gasteiger charge is 2.25. The molecule has 0 aromatic heterocycles. The number of hydrogen-bond acceptors (Lipinski definition) is 4. The van der Waals surface area contributed by atoms with Gasteiger partial charge in [0.25, 0.3) is 10.1 Å². The van der Waals surface area contributed by atoms with Crippen LogP contribution < -0.4 is 9.80 Å². The van der Waals surface area contributed by atoms with Crippen LogP contribution in [0.25, 0.3) is 0 Å². The van der Waals surface area contributed by atoms with Crippen LogP contribution in [-0.2, 0) is 23.0 Å². The molecule has 0 aliphatic carbocycles. The fraction of sp³-hybridized carbons (Fsp3) is 0.524. The minimum Gasteiger partial charge on any atom is -0.341 e. The van der Waals surface area contributed by atoms with Gasteiger partial charge in [-0.3, -0.25) is 4.55 Å². The lowest BCUT2D eigenvalue weighted by Crippen LogP contribution is -2.19. The Kier molecular flexibility index (Phi) is 25.6. The van der Waals surface area contributed by atoms with Crippen LogP contribution in [-0.4, -0.2) is 26.1 Å². The molecular weight excluding hydrogens is 865 g/mol. The van der Waals surface area contributed by atoms with Crippen molar-refractivity contribution >= 4 is 32.9 Å². The number of aryl methyl sites for hydroxylation is 2. The second-order valence-electron chi connectivity index (χ2n) is 19.8. The Morgan fingerprint density at radius 3 is 1.01 bits per heavy atom. The summed E-state index contributed by atoms with van der Waals surface area (Å²) in [4.78, 5) is 4.75. The van der Waals surface area contributed by atoms with Gasteiger partial charge in [0.1, 0.15) is 0 Å². The largest absolute Gasteiger partial charge is 0.341 e. The van der Waals surface area contributed by atoms with Crippen molar-refractivity contribution in [2.75, 3.05) is 22.9 Å². The van der Waals surface area contributed by atoms with E-state index >= 15 is 0 Å². The van der Waals surface area contributed by atoms with Gasteiger partial charge >= 0.3 is 0 Å². The lowest BCUT2D eigenvalue weighted by atomic mass is 9.85. The zero-order chi connectivity index (χ0) is 48.9. The van der Waals surface area contributed by atoms with Gasteiger partial charge in [-0.05, 0) is 121 Å². The Labute approximate surface area is 421 Å². The number of benzene rings is 5. The third kappa shape index (κ3) is 19.0. The fourth-order valence-electron chi connectivity index (χ4n) is 9.96. The number of hydrogen-bond donors (Lipinski definition) is 1. The summed E-state index contributed by atoms with van der Waals surface area (Å²) in [5.41, 5.74) is 9.86. The first-order chi connectivity index (χ1) is 33.8. The predicted molar refractivity (Wildman–Crippen MR) is 298 cm³/mol. The number of nitrogens with zero attached hydrogens (tertiary/aromatic N) is 2. The van der Waals surface area contributed by atoms with Crippen molar-refractivity contribution in [1.29, 1.82) is 0 Å². The van der Waals surface area contributed by atoms with Crippen molar-refractivity contribution in [3.8, 4) is 0 Å². The summed E-state index contributed by atoms with van der Waals surface area (Å²) in [6, 6.07) is 42.5. The Morgan fingerprint density at radius 2 is 0.681 bits per heavy atom. The highest BCUT2D eigenvalue weighted by molar-refractivity contribution is 7.85. The van der Waals surface area contributed by atoms with Crippen LogP contribution in [0.3, 0.4) is 0 Å². The Hall–Kier alpha value is -4.39. The number of unbranched alkanes of at least 4 members (excludes halogenated alkanes) is 20. The Balaban J connectivity index is 1.30. The molecule has 376 valence electrons. The molecule has 5 nitrogen and oxygen atoms in total. The number of rotatable bonds is 36. The summed E-state index contributed by atoms with van der Waals surface area (Å²) < 4.78 is 36.3. The average molecular weight is 955 g/mol. The molecule has 0 spiro atoms. The van der Waals surface area contributed by atoms with Crippen LogP contribution in [0.2, 0.25) is 0 Å². The van der Waals surface area contributed by atoms with Gasteiger partial charge in [-0.1, -0.05) is 223 Å². The van der Waals surface area contributed by atoms with E-state index in [1.807, 2.05) is 12.1 Å². The van der Waals surface area contributed by atoms with Gasteiger partial charge in [0.2, 0.25) is 0 Å². The van der Waals surface area contributed by atoms with Crippen molar-refractivity contribution in [2.45, 2.75) is 205 Å². The van der Waals surface area contributed by atoms with E-state index in [9.17, 15) is 13.0 Å². The molecule has 0 saturated heterocycles. The number of anilines is 4. The smallest absolute Gasteiger partial charge is 0.294 e. The molecule has 0 amide bonds. The Morgan fingerprint density at radius 1 is 0.377 bits per heavy atom. The molecule has 0 saturated carbocycles. The molecule has 69 heavy (non-hydrogen) atoms. The average Bonchev–Trinajstić information content (AvgIpc) is 3.37. The predicted octanol–water partition coefficient (Wildman–Crippen LogP) is 18.9. The van der Waals surface area contributed by atoms with E-state index in [0.717, 1.165) is 74.1 Å². The topological polar surface area (TPSA) is 60.9 Å². The minimum atomic E-state index is -4.49. The molecule has 0 atom stereocenters. The summed E-state index contributed by atoms with van der Waals surface area (Å²) in [5.74, 6) is -0.422. The summed E-state index contributed by atoms with van der Waals surface area (Å²) in [5, 5.41) is 0. The van der Waals surface area contributed by atoms with E-state index in [4.69, 9.17) is 0 Å². The van der Waals surface area contributed by atoms with Crippen molar-refractivity contribution in [3.63, 3.8) is 0 Å². The van der Waals surface area contributed by atoms with E-state index < -0.39 is 16.0 Å². The normalized spacial score (nSPS) is 11.7. The maximum Gasteiger partial charge on any atom is 0.294 e. The van der Waals surface area contributed by atoms with Gasteiger partial charge in [0, 0.05) is 41.8 Å². The summed E-state index contributed by atoms with van der Waals surface area (Å²) >= 11 is 0. The SMILES string of the molecule is CCCCCCCCCCCCc1ccc(N(CCCC)c2ccc(C(c3ccc(N(CCCC)c4ccc(CCCCCCCCCCCC)cc4)cc3)c3ccccc3S(=O)(=O)O)cc2)cc1. The summed E-state index contributed by atoms with van der Waals surface area (Å²) in [6.45, 7) is 10.8. The van der Waals surface area contributed by atoms with Gasteiger partial charge in [-0.25, -0.2) is 0 Å². The molecule has 5 aromatic rings. The fourth-order valence-corrected chi connectivity index (χ4v) is 10.7. The Bertz CT molecular complexity index is 2100. The van der Waals surface area contributed by atoms with E-state index in [0.29, 0.717) is 5.56 Å². The van der Waals surface area contributed by atoms with E-state index in [2.05, 4.69) is 135 Å². The van der Waals surface area contributed by atoms with E-state index in [1.54, 1.807) is 6.07 Å². The maximum atomic E-state index is 12.9. The van der Waals surface area contributed by atoms with E-state index in [-0.39, 0.29) is 4.90 Å². The molecule has 0 heterocycles. The quantitative estimate of drug-likeness (QED) is 0.0246. The van der Waals surface area contributed by atoms with Crippen LogP contribution in [0.5, 0.6) is 0 Å². The molecule has 0 aliphatic heterocycles. The zero-order valence-corrected chi connectivity index (χ0v) is 44.3. The van der Waals surface area contributed by atoms with Crippen molar-refractivity contribution in [3.05, 3.63) is 149 Å². The van der Waals surface area contributed by atoms with Gasteiger partial charge in [0.15, 0.2) is 0 Å². The van der Waals surface area contributed by atoms with Gasteiger partial charge < -0.3 is 9.80 Å². The standard InChI is InChI=1S/C63H90N2O3S/c1-5-9-13-15-17-19-21-23-25-27-31-53-35-43-57(44-36-53)64(51-11-7-3)59-47-39-55(40-48-59)63(61-33-29-30-34-62(61)69(66,67)68)56-41-49-60(50-42-56)65(52-12-8-4)58-45-37-54(38-46-58)32-28-26-24-22-20-18-16-14-10-6-2/h29-30,33-50,63H,5-28,31-32,51-52H2,1-4H3,(H,66,67,68). The molecule has 0 aliphatic rings. The van der Waals surface area contributed by atoms with Crippen molar-refractivity contribution < 1.29 is 13.0 Å². The van der Waals surface area contributed by atoms with Crippen LogP contribution in [0.15, 0.2) is 126 Å². The lowest BCUT2D eigenvalue weighted by Gasteiger charge is -2.28. The first-order valence-corrected chi connectivity index (χ1v) is 29.2. The second kappa shape index (κ2) is 31.8. The third-order valence-electron chi connectivity index (χ3n) is 14.2. The van der Waals surface area contributed by atoms with E-state index in [1.165, 1.54) is 157 Å². The molecule has 0 unspecified atom stereocenters. The molecular formula is C63H90N2O3S. The lowest BCUT2D eigenvalue weighted by molar-refractivity contribution is 0.482. The van der Waals surface area contributed by atoms with Crippen LogP contribution in [0.1, 0.15) is 216 Å². The first-order valence-electron chi connectivity index (χ1n) is 27.8. The first kappa shape index (κ1) is 55.5. The summed E-state index contributed by atoms with van der Waals surface area (Å²) in [6.07, 6.45) is 33.6. The second-order valence-corrected chi connectivity index (χ2v) is 21.2. The molecule has 5 rings (SSSR count). The molecule has 5 aromatic carbocycles. The molecule has 1 N–H and O–H groups in total. The zero-order valence-electron chi connectivity index (χ0n) is 43.5. The van der Waals surface area contributed by atoms with Crippen molar-refractivity contribution in [1.82, 2.24) is 0 Å². The van der Waals surface area contributed by atoms with Crippen LogP contribution in [0, 0.1) is 0 Å². The molecule has 6 heteroatoms.